The lowest BCUT2D eigenvalue weighted by molar-refractivity contribution is 0.242. The number of nitrogens with one attached hydrogen (secondary N) is 1. The van der Waals surface area contributed by atoms with Gasteiger partial charge < -0.3 is 10.1 Å². The Hall–Kier alpha value is -1.25. The van der Waals surface area contributed by atoms with Gasteiger partial charge in [-0.3, -0.25) is 0 Å². The number of rotatable bonds is 4. The largest absolute Gasteiger partial charge is 0.491 e. The molecular formula is C13H24N2O. The first-order chi connectivity index (χ1) is 7.58. The van der Waals surface area contributed by atoms with Crippen molar-refractivity contribution in [3.63, 3.8) is 0 Å². The van der Waals surface area contributed by atoms with Crippen LogP contribution in [-0.2, 0) is 0 Å². The summed E-state index contributed by atoms with van der Waals surface area (Å²) in [5, 5.41) is 3.23. The molecule has 0 aromatic carbocycles. The lowest BCUT2D eigenvalue weighted by Gasteiger charge is -2.12. The van der Waals surface area contributed by atoms with Gasteiger partial charge in [-0.25, -0.2) is 4.98 Å². The Balaban J connectivity index is 0.00000106. The quantitative estimate of drug-likeness (QED) is 0.846. The molecule has 0 amide bonds. The molecule has 1 N–H and O–H groups in total. The fraction of sp³-hybridized carbons (Fsp3) is 0.615. The van der Waals surface area contributed by atoms with Gasteiger partial charge in [-0.1, -0.05) is 13.8 Å². The van der Waals surface area contributed by atoms with Gasteiger partial charge in [0.15, 0.2) is 0 Å². The first kappa shape index (κ1) is 14.8. The summed E-state index contributed by atoms with van der Waals surface area (Å²) in [6.07, 6.45) is 1.95. The Morgan fingerprint density at radius 2 is 1.81 bits per heavy atom. The fourth-order valence-corrected chi connectivity index (χ4v) is 1.13. The third-order valence-electron chi connectivity index (χ3n) is 1.54. The van der Waals surface area contributed by atoms with Crippen LogP contribution in [0.15, 0.2) is 18.3 Å². The van der Waals surface area contributed by atoms with Crippen molar-refractivity contribution in [1.29, 1.82) is 0 Å². The highest BCUT2D eigenvalue weighted by Crippen LogP contribution is 2.16. The molecule has 0 aliphatic heterocycles. The lowest BCUT2D eigenvalue weighted by Crippen LogP contribution is -2.11. The monoisotopic (exact) mass is 224 g/mol. The molecule has 1 rings (SSSR count). The minimum absolute atomic E-state index is 0.198. The lowest BCUT2D eigenvalue weighted by atomic mass is 10.3. The van der Waals surface area contributed by atoms with Gasteiger partial charge in [0.2, 0.25) is 0 Å². The summed E-state index contributed by atoms with van der Waals surface area (Å²) in [5.41, 5.74) is 0. The van der Waals surface area contributed by atoms with Gasteiger partial charge in [-0.05, 0) is 33.8 Å². The van der Waals surface area contributed by atoms with Gasteiger partial charge in [-0.15, -0.1) is 0 Å². The topological polar surface area (TPSA) is 34.1 Å². The smallest absolute Gasteiger partial charge is 0.129 e. The average molecular weight is 224 g/mol. The highest BCUT2D eigenvalue weighted by atomic mass is 16.5. The van der Waals surface area contributed by atoms with Gasteiger partial charge in [-0.2, -0.15) is 0 Å². The van der Waals surface area contributed by atoms with Crippen molar-refractivity contribution in [1.82, 2.24) is 4.98 Å². The summed E-state index contributed by atoms with van der Waals surface area (Å²) in [5.74, 6) is 1.72. The molecule has 0 saturated carbocycles. The van der Waals surface area contributed by atoms with Crippen LogP contribution in [0.5, 0.6) is 5.75 Å². The predicted octanol–water partition coefficient (Wildman–Crippen LogP) is 3.72. The van der Waals surface area contributed by atoms with Crippen LogP contribution in [0.25, 0.3) is 0 Å². The van der Waals surface area contributed by atoms with Crippen LogP contribution in [0.1, 0.15) is 41.5 Å². The van der Waals surface area contributed by atoms with Crippen molar-refractivity contribution in [3.05, 3.63) is 18.3 Å². The third-order valence-corrected chi connectivity index (χ3v) is 1.54. The predicted molar refractivity (Wildman–Crippen MR) is 70.1 cm³/mol. The number of anilines is 1. The average Bonchev–Trinajstić information content (AvgIpc) is 2.19. The molecule has 0 spiro atoms. The molecule has 1 aromatic rings. The van der Waals surface area contributed by atoms with Gasteiger partial charge in [0.1, 0.15) is 11.6 Å². The van der Waals surface area contributed by atoms with Crippen molar-refractivity contribution in [3.8, 4) is 5.75 Å². The van der Waals surface area contributed by atoms with E-state index in [2.05, 4.69) is 24.1 Å². The number of nitrogens with zero attached hydrogens (tertiary/aromatic N) is 1. The van der Waals surface area contributed by atoms with Crippen molar-refractivity contribution >= 4 is 5.82 Å². The Kier molecular flexibility index (Phi) is 7.34. The van der Waals surface area contributed by atoms with Crippen LogP contribution in [0.2, 0.25) is 0 Å². The van der Waals surface area contributed by atoms with Gasteiger partial charge in [0.05, 0.1) is 6.10 Å². The van der Waals surface area contributed by atoms with Crippen molar-refractivity contribution < 1.29 is 4.74 Å². The van der Waals surface area contributed by atoms with Gasteiger partial charge >= 0.3 is 0 Å². The third kappa shape index (κ3) is 6.27. The Bertz CT molecular complexity index is 260. The second-order valence-electron chi connectivity index (χ2n) is 3.84. The van der Waals surface area contributed by atoms with E-state index in [1.165, 1.54) is 0 Å². The molecule has 0 radical (unpaired) electrons. The molecular weight excluding hydrogens is 200 g/mol. The molecule has 0 fully saturated rings. The molecule has 3 nitrogen and oxygen atoms in total. The highest BCUT2D eigenvalue weighted by Gasteiger charge is 2.01. The maximum atomic E-state index is 5.56. The second-order valence-corrected chi connectivity index (χ2v) is 3.84. The molecule has 0 bridgehead atoms. The van der Waals surface area contributed by atoms with E-state index in [-0.39, 0.29) is 6.10 Å². The minimum atomic E-state index is 0.198. The van der Waals surface area contributed by atoms with Crippen LogP contribution in [0, 0.1) is 0 Å². The van der Waals surface area contributed by atoms with E-state index in [0.717, 1.165) is 11.6 Å². The zero-order valence-electron chi connectivity index (χ0n) is 11.2. The van der Waals surface area contributed by atoms with Crippen LogP contribution >= 0.6 is 0 Å². The Morgan fingerprint density at radius 3 is 2.31 bits per heavy atom. The van der Waals surface area contributed by atoms with E-state index < -0.39 is 0 Å². The number of ether oxygens (including phenoxy) is 1. The summed E-state index contributed by atoms with van der Waals surface area (Å²) < 4.78 is 5.56. The molecule has 0 atom stereocenters. The normalized spacial score (nSPS) is 9.75. The van der Waals surface area contributed by atoms with Gasteiger partial charge in [0.25, 0.3) is 0 Å². The molecule has 0 aliphatic carbocycles. The SMILES string of the molecule is CC.CC(C)Nc1cc(OC(C)C)ccn1. The van der Waals surface area contributed by atoms with E-state index in [9.17, 15) is 0 Å². The molecule has 0 unspecified atom stereocenters. The molecule has 16 heavy (non-hydrogen) atoms. The van der Waals surface area contributed by atoms with E-state index in [1.807, 2.05) is 39.8 Å². The molecule has 1 heterocycles. The maximum absolute atomic E-state index is 5.56. The Morgan fingerprint density at radius 1 is 1.19 bits per heavy atom. The zero-order chi connectivity index (χ0) is 12.6. The van der Waals surface area contributed by atoms with E-state index >= 15 is 0 Å². The van der Waals surface area contributed by atoms with Crippen LogP contribution < -0.4 is 10.1 Å². The van der Waals surface area contributed by atoms with Crippen molar-refractivity contribution in [2.75, 3.05) is 5.32 Å². The molecule has 0 aliphatic rings. The summed E-state index contributed by atoms with van der Waals surface area (Å²) in [4.78, 5) is 4.20. The standard InChI is InChI=1S/C11H18N2O.C2H6/c1-8(2)13-11-7-10(5-6-12-11)14-9(3)4;1-2/h5-9H,1-4H3,(H,12,13);1-2H3. The summed E-state index contributed by atoms with van der Waals surface area (Å²) >= 11 is 0. The maximum Gasteiger partial charge on any atom is 0.129 e. The molecule has 92 valence electrons. The Labute approximate surface area is 99.2 Å². The van der Waals surface area contributed by atoms with E-state index in [1.54, 1.807) is 6.20 Å². The second kappa shape index (κ2) is 7.97. The van der Waals surface area contributed by atoms with Crippen molar-refractivity contribution in [2.24, 2.45) is 0 Å². The summed E-state index contributed by atoms with van der Waals surface area (Å²) in [6.45, 7) is 12.2. The highest BCUT2D eigenvalue weighted by molar-refractivity contribution is 5.41. The summed E-state index contributed by atoms with van der Waals surface area (Å²) in [6, 6.07) is 4.17. The molecule has 1 aromatic heterocycles. The zero-order valence-corrected chi connectivity index (χ0v) is 11.2. The molecule has 3 heteroatoms. The first-order valence-electron chi connectivity index (χ1n) is 5.97. The van der Waals surface area contributed by atoms with Gasteiger partial charge in [0, 0.05) is 18.3 Å². The number of aromatic nitrogens is 1. The van der Waals surface area contributed by atoms with E-state index in [0.29, 0.717) is 6.04 Å². The van der Waals surface area contributed by atoms with Crippen LogP contribution in [0.4, 0.5) is 5.82 Å². The van der Waals surface area contributed by atoms with Crippen molar-refractivity contribution in [2.45, 2.75) is 53.7 Å². The first-order valence-corrected chi connectivity index (χ1v) is 5.97. The number of hydrogen-bond acceptors (Lipinski definition) is 3. The van der Waals surface area contributed by atoms with E-state index in [4.69, 9.17) is 4.74 Å². The van der Waals surface area contributed by atoms with Crippen LogP contribution in [-0.4, -0.2) is 17.1 Å². The number of pyridine rings is 1. The van der Waals surface area contributed by atoms with Crippen LogP contribution in [0.3, 0.4) is 0 Å². The minimum Gasteiger partial charge on any atom is -0.491 e. The number of hydrogen-bond donors (Lipinski definition) is 1. The fourth-order valence-electron chi connectivity index (χ4n) is 1.13. The molecule has 0 saturated heterocycles. The summed E-state index contributed by atoms with van der Waals surface area (Å²) in [7, 11) is 0.